The summed E-state index contributed by atoms with van der Waals surface area (Å²) in [6.45, 7) is 6.22. The molecule has 3 rings (SSSR count). The molecule has 0 unspecified atom stereocenters. The third kappa shape index (κ3) is 2.44. The molecule has 0 radical (unpaired) electrons. The van der Waals surface area contributed by atoms with Gasteiger partial charge in [-0.2, -0.15) is 0 Å². The third-order valence-corrected chi connectivity index (χ3v) is 3.55. The maximum atomic E-state index is 5.97. The lowest BCUT2D eigenvalue weighted by molar-refractivity contribution is 0.418. The Bertz CT molecular complexity index is 751. The molecule has 3 aromatic rings. The maximum absolute atomic E-state index is 5.97. The van der Waals surface area contributed by atoms with Gasteiger partial charge in [0.05, 0.1) is 5.56 Å². The lowest BCUT2D eigenvalue weighted by Gasteiger charge is -2.06. The molecule has 0 aliphatic carbocycles. The number of nitrogen functional groups attached to an aromatic ring is 1. The zero-order valence-corrected chi connectivity index (χ0v) is 12.4. The van der Waals surface area contributed by atoms with E-state index in [1.54, 1.807) is 0 Å². The molecule has 0 bridgehead atoms. The van der Waals surface area contributed by atoms with Crippen LogP contribution in [0.15, 0.2) is 45.3 Å². The van der Waals surface area contributed by atoms with Crippen LogP contribution in [-0.4, -0.2) is 5.16 Å². The minimum Gasteiger partial charge on any atom is -0.458 e. The highest BCUT2D eigenvalue weighted by atomic mass is 16.5. The Morgan fingerprint density at radius 1 is 1.05 bits per heavy atom. The summed E-state index contributed by atoms with van der Waals surface area (Å²) in [6, 6.07) is 12.0. The predicted octanol–water partition coefficient (Wildman–Crippen LogP) is 4.62. The van der Waals surface area contributed by atoms with Crippen molar-refractivity contribution in [1.82, 2.24) is 5.16 Å². The summed E-state index contributed by atoms with van der Waals surface area (Å²) in [5, 5.41) is 3.88. The van der Waals surface area contributed by atoms with Crippen LogP contribution >= 0.6 is 0 Å². The lowest BCUT2D eigenvalue weighted by atomic mass is 9.98. The molecule has 0 amide bonds. The second kappa shape index (κ2) is 5.13. The molecule has 2 N–H and O–H groups in total. The summed E-state index contributed by atoms with van der Waals surface area (Å²) >= 11 is 0. The number of rotatable bonds is 3. The molecule has 0 saturated carbocycles. The van der Waals surface area contributed by atoms with Crippen LogP contribution in [0.25, 0.3) is 22.6 Å². The van der Waals surface area contributed by atoms with Crippen LogP contribution in [-0.2, 0) is 0 Å². The van der Waals surface area contributed by atoms with Gasteiger partial charge < -0.3 is 14.7 Å². The van der Waals surface area contributed by atoms with Gasteiger partial charge in [0.1, 0.15) is 5.76 Å². The second-order valence-corrected chi connectivity index (χ2v) is 5.46. The largest absolute Gasteiger partial charge is 0.458 e. The quantitative estimate of drug-likeness (QED) is 0.761. The van der Waals surface area contributed by atoms with E-state index in [9.17, 15) is 0 Å². The van der Waals surface area contributed by atoms with E-state index in [1.807, 2.05) is 31.2 Å². The zero-order valence-electron chi connectivity index (χ0n) is 12.4. The van der Waals surface area contributed by atoms with E-state index in [-0.39, 0.29) is 0 Å². The van der Waals surface area contributed by atoms with Crippen molar-refractivity contribution in [1.29, 1.82) is 0 Å². The SMILES string of the molecule is Cc1ccc(-c2onc(N)c2-c2ccc(C(C)C)cc2)o1. The van der Waals surface area contributed by atoms with Crippen LogP contribution < -0.4 is 5.73 Å². The first kappa shape index (κ1) is 13.5. The van der Waals surface area contributed by atoms with Crippen LogP contribution in [0.2, 0.25) is 0 Å². The second-order valence-electron chi connectivity index (χ2n) is 5.46. The molecule has 4 nitrogen and oxygen atoms in total. The van der Waals surface area contributed by atoms with Gasteiger partial charge in [0.15, 0.2) is 11.6 Å². The predicted molar refractivity (Wildman–Crippen MR) is 82.9 cm³/mol. The third-order valence-electron chi connectivity index (χ3n) is 3.55. The average molecular weight is 282 g/mol. The number of hydrogen-bond donors (Lipinski definition) is 1. The van der Waals surface area contributed by atoms with Gasteiger partial charge >= 0.3 is 0 Å². The first-order valence-corrected chi connectivity index (χ1v) is 6.98. The van der Waals surface area contributed by atoms with E-state index >= 15 is 0 Å². The summed E-state index contributed by atoms with van der Waals surface area (Å²) in [5.41, 5.74) is 9.00. The Balaban J connectivity index is 2.08. The van der Waals surface area contributed by atoms with Crippen molar-refractivity contribution in [3.8, 4) is 22.6 Å². The van der Waals surface area contributed by atoms with E-state index in [1.165, 1.54) is 5.56 Å². The number of hydrogen-bond acceptors (Lipinski definition) is 4. The summed E-state index contributed by atoms with van der Waals surface area (Å²) in [5.74, 6) is 2.89. The van der Waals surface area contributed by atoms with Crippen molar-refractivity contribution in [2.45, 2.75) is 26.7 Å². The summed E-state index contributed by atoms with van der Waals surface area (Å²) in [4.78, 5) is 0. The molecule has 2 heterocycles. The normalized spacial score (nSPS) is 11.2. The van der Waals surface area contributed by atoms with Crippen LogP contribution in [0.1, 0.15) is 31.1 Å². The van der Waals surface area contributed by atoms with Gasteiger partial charge in [-0.1, -0.05) is 43.3 Å². The average Bonchev–Trinajstić information content (AvgIpc) is 3.05. The van der Waals surface area contributed by atoms with Crippen LogP contribution in [0, 0.1) is 6.92 Å². The number of furan rings is 1. The van der Waals surface area contributed by atoms with E-state index < -0.39 is 0 Å². The smallest absolute Gasteiger partial charge is 0.212 e. The van der Waals surface area contributed by atoms with Gasteiger partial charge in [-0.25, -0.2) is 0 Å². The fourth-order valence-electron chi connectivity index (χ4n) is 2.34. The molecular formula is C17H18N2O2. The Labute approximate surface area is 123 Å². The molecule has 0 fully saturated rings. The van der Waals surface area contributed by atoms with Crippen LogP contribution in [0.5, 0.6) is 0 Å². The molecule has 0 spiro atoms. The summed E-state index contributed by atoms with van der Waals surface area (Å²) in [7, 11) is 0. The summed E-state index contributed by atoms with van der Waals surface area (Å²) in [6.07, 6.45) is 0. The van der Waals surface area contributed by atoms with Gasteiger partial charge in [0.25, 0.3) is 0 Å². The Morgan fingerprint density at radius 2 is 1.76 bits per heavy atom. The van der Waals surface area contributed by atoms with Crippen molar-refractivity contribution in [3.63, 3.8) is 0 Å². The van der Waals surface area contributed by atoms with E-state index in [0.717, 1.165) is 16.9 Å². The van der Waals surface area contributed by atoms with E-state index in [4.69, 9.17) is 14.7 Å². The number of aryl methyl sites for hydroxylation is 1. The van der Waals surface area contributed by atoms with Crippen molar-refractivity contribution in [2.75, 3.05) is 5.73 Å². The van der Waals surface area contributed by atoms with E-state index in [0.29, 0.717) is 23.3 Å². The van der Waals surface area contributed by atoms with Crippen LogP contribution in [0.3, 0.4) is 0 Å². The number of nitrogens with two attached hydrogens (primary N) is 1. The monoisotopic (exact) mass is 282 g/mol. The molecule has 21 heavy (non-hydrogen) atoms. The van der Waals surface area contributed by atoms with Gasteiger partial charge in [0.2, 0.25) is 5.76 Å². The first-order chi connectivity index (χ1) is 10.1. The topological polar surface area (TPSA) is 65.2 Å². The van der Waals surface area contributed by atoms with Crippen LogP contribution in [0.4, 0.5) is 5.82 Å². The standard InChI is InChI=1S/C17H18N2O2/c1-10(2)12-5-7-13(8-6-12)15-16(21-19-17(15)18)14-9-4-11(3)20-14/h4-10H,1-3H3,(H2,18,19). The van der Waals surface area contributed by atoms with Gasteiger partial charge in [0, 0.05) is 0 Å². The minimum atomic E-state index is 0.372. The molecule has 108 valence electrons. The maximum Gasteiger partial charge on any atom is 0.212 e. The fraction of sp³-hybridized carbons (Fsp3) is 0.235. The van der Waals surface area contributed by atoms with Gasteiger partial charge in [-0.15, -0.1) is 0 Å². The zero-order chi connectivity index (χ0) is 15.0. The Hall–Kier alpha value is -2.49. The lowest BCUT2D eigenvalue weighted by Crippen LogP contribution is -1.90. The van der Waals surface area contributed by atoms with Crippen molar-refractivity contribution in [3.05, 3.63) is 47.7 Å². The highest BCUT2D eigenvalue weighted by Crippen LogP contribution is 2.37. The molecule has 1 aromatic carbocycles. The number of aromatic nitrogens is 1. The first-order valence-electron chi connectivity index (χ1n) is 6.98. The van der Waals surface area contributed by atoms with Gasteiger partial charge in [-0.05, 0) is 36.1 Å². The van der Waals surface area contributed by atoms with Crippen molar-refractivity contribution in [2.24, 2.45) is 0 Å². The van der Waals surface area contributed by atoms with E-state index in [2.05, 4.69) is 31.1 Å². The molecule has 0 saturated heterocycles. The molecule has 0 atom stereocenters. The molecular weight excluding hydrogens is 264 g/mol. The highest BCUT2D eigenvalue weighted by molar-refractivity contribution is 5.85. The fourth-order valence-corrected chi connectivity index (χ4v) is 2.34. The number of benzene rings is 1. The minimum absolute atomic E-state index is 0.372. The number of anilines is 1. The van der Waals surface area contributed by atoms with Gasteiger partial charge in [-0.3, -0.25) is 0 Å². The summed E-state index contributed by atoms with van der Waals surface area (Å²) < 4.78 is 11.0. The molecule has 2 aromatic heterocycles. The highest BCUT2D eigenvalue weighted by Gasteiger charge is 2.20. The van der Waals surface area contributed by atoms with Crippen molar-refractivity contribution < 1.29 is 8.94 Å². The molecule has 4 heteroatoms. The number of nitrogens with zero attached hydrogens (tertiary/aromatic N) is 1. The Morgan fingerprint density at radius 3 is 2.33 bits per heavy atom. The van der Waals surface area contributed by atoms with Crippen molar-refractivity contribution >= 4 is 5.82 Å². The molecule has 0 aliphatic heterocycles. The molecule has 0 aliphatic rings. The Kier molecular flexibility index (Phi) is 3.29.